The summed E-state index contributed by atoms with van der Waals surface area (Å²) in [5, 5.41) is 44.5. The lowest BCUT2D eigenvalue weighted by Crippen LogP contribution is -2.77. The summed E-state index contributed by atoms with van der Waals surface area (Å²) in [6, 6.07) is 14.5. The van der Waals surface area contributed by atoms with E-state index in [0.717, 1.165) is 42.2 Å². The molecule has 0 radical (unpaired) electrons. The highest BCUT2D eigenvalue weighted by Crippen LogP contribution is 2.78. The molecule has 0 saturated carbocycles. The maximum Gasteiger partial charge on any atom is 0.265 e. The van der Waals surface area contributed by atoms with Gasteiger partial charge in [0.1, 0.15) is 24.5 Å². The number of nitrogens with zero attached hydrogens (tertiary/aromatic N) is 4. The third-order valence-electron chi connectivity index (χ3n) is 12.2. The standard InChI is InChI=1S/C30H28N6O7S5/c1-25-21(40)35-19-27(13-8-4-6-10-15(13)31-19,17(38)29(35,46-44-25)23(42)33(25)2)28-14-9-5-7-11-16(14)32-20(28)36-22(41)26(12-37)34(3)24(43)30(36,18(28)39)47-48-45-26/h4-11,17-20,31-32,37-39H,12H2,1-3H3/t17-,18-,19+,20+,25-,26-,27-,28?,29-,30-/m0/s1. The van der Waals surface area contributed by atoms with Gasteiger partial charge in [0.05, 0.1) is 17.4 Å². The van der Waals surface area contributed by atoms with Gasteiger partial charge in [0, 0.05) is 25.5 Å². The molecule has 2 spiro atoms. The van der Waals surface area contributed by atoms with Crippen molar-refractivity contribution in [1.29, 1.82) is 0 Å². The van der Waals surface area contributed by atoms with Crippen molar-refractivity contribution in [2.45, 2.75) is 61.8 Å². The lowest BCUT2D eigenvalue weighted by molar-refractivity contribution is -0.168. The summed E-state index contributed by atoms with van der Waals surface area (Å²) in [6.45, 7) is 1.02. The number of hydrogen-bond acceptors (Lipinski definition) is 14. The number of fused-ring (bicyclic) bond motifs is 12. The van der Waals surface area contributed by atoms with Gasteiger partial charge in [-0.05, 0) is 72.4 Å². The van der Waals surface area contributed by atoms with Gasteiger partial charge in [-0.15, -0.1) is 0 Å². The highest BCUT2D eigenvalue weighted by Gasteiger charge is 2.92. The molecule has 18 heteroatoms. The van der Waals surface area contributed by atoms with Crippen molar-refractivity contribution in [3.05, 3.63) is 59.7 Å². The lowest BCUT2D eigenvalue weighted by atomic mass is 9.52. The fraction of sp³-hybridized carbons (Fsp3) is 0.467. The van der Waals surface area contributed by atoms with Gasteiger partial charge in [-0.3, -0.25) is 29.0 Å². The quantitative estimate of drug-likeness (QED) is 0.276. The summed E-state index contributed by atoms with van der Waals surface area (Å²) in [6.07, 6.45) is -5.55. The van der Waals surface area contributed by atoms with Crippen molar-refractivity contribution in [2.75, 3.05) is 31.3 Å². The molecule has 8 fully saturated rings. The first-order valence-corrected chi connectivity index (χ1v) is 20.9. The fourth-order valence-electron chi connectivity index (χ4n) is 9.91. The number of aliphatic hydroxyl groups excluding tert-OH is 3. The number of piperazine rings is 2. The molecule has 10 atom stereocenters. The Morgan fingerprint density at radius 1 is 0.688 bits per heavy atom. The smallest absolute Gasteiger partial charge is 0.265 e. The first-order chi connectivity index (χ1) is 22.9. The number of anilines is 2. The number of benzene rings is 2. The van der Waals surface area contributed by atoms with Crippen LogP contribution in [0.4, 0.5) is 11.4 Å². The molecule has 13 nitrogen and oxygen atoms in total. The number of para-hydroxylation sites is 2. The van der Waals surface area contributed by atoms with E-state index in [2.05, 4.69) is 10.6 Å². The summed E-state index contributed by atoms with van der Waals surface area (Å²) < 4.78 is 0. The Bertz CT molecular complexity index is 1940. The van der Waals surface area contributed by atoms with Crippen molar-refractivity contribution in [3.63, 3.8) is 0 Å². The lowest BCUT2D eigenvalue weighted by Gasteiger charge is -2.58. The molecule has 0 aromatic heterocycles. The van der Waals surface area contributed by atoms with Crippen molar-refractivity contribution in [3.8, 4) is 0 Å². The number of carbonyl (C=O) groups excluding carboxylic acids is 4. The van der Waals surface area contributed by atoms with E-state index in [4.69, 9.17) is 0 Å². The first-order valence-electron chi connectivity index (χ1n) is 15.2. The molecule has 2 aromatic rings. The van der Waals surface area contributed by atoms with Crippen LogP contribution in [0, 0.1) is 0 Å². The van der Waals surface area contributed by atoms with Gasteiger partial charge in [0.25, 0.3) is 23.6 Å². The predicted octanol–water partition coefficient (Wildman–Crippen LogP) is 0.951. The van der Waals surface area contributed by atoms with Crippen LogP contribution in [-0.4, -0.2) is 123 Å². The molecular weight excluding hydrogens is 717 g/mol. The van der Waals surface area contributed by atoms with E-state index in [1.54, 1.807) is 26.1 Å². The monoisotopic (exact) mass is 744 g/mol. The molecule has 250 valence electrons. The number of likely N-dealkylation sites (N-methyl/N-ethyl adjacent to an activating group) is 2. The third-order valence-corrected chi connectivity index (χ3v) is 20.9. The zero-order valence-electron chi connectivity index (χ0n) is 25.4. The summed E-state index contributed by atoms with van der Waals surface area (Å²) in [4.78, 5) is 57.8. The number of hydrogen-bond donors (Lipinski definition) is 5. The number of aliphatic hydroxyl groups is 3. The summed E-state index contributed by atoms with van der Waals surface area (Å²) in [5.41, 5.74) is -1.16. The molecule has 8 saturated heterocycles. The maximum absolute atomic E-state index is 14.9. The van der Waals surface area contributed by atoms with Crippen molar-refractivity contribution in [2.24, 2.45) is 0 Å². The zero-order valence-corrected chi connectivity index (χ0v) is 29.5. The molecule has 4 bridgehead atoms. The largest absolute Gasteiger partial charge is 0.392 e. The van der Waals surface area contributed by atoms with Crippen LogP contribution < -0.4 is 10.6 Å². The Morgan fingerprint density at radius 2 is 1.19 bits per heavy atom. The van der Waals surface area contributed by atoms with E-state index >= 15 is 0 Å². The van der Waals surface area contributed by atoms with Gasteiger partial charge in [0.2, 0.25) is 14.6 Å². The fourth-order valence-corrected chi connectivity index (χ4v) is 19.3. The zero-order chi connectivity index (χ0) is 33.6. The Labute approximate surface area is 293 Å². The van der Waals surface area contributed by atoms with Crippen LogP contribution in [0.2, 0.25) is 0 Å². The Kier molecular flexibility index (Phi) is 5.62. The van der Waals surface area contributed by atoms with Crippen molar-refractivity contribution in [1.82, 2.24) is 19.6 Å². The Balaban J connectivity index is 1.35. The van der Waals surface area contributed by atoms with Crippen LogP contribution >= 0.6 is 53.0 Å². The molecule has 10 aliphatic rings. The van der Waals surface area contributed by atoms with E-state index in [1.807, 2.05) is 36.4 Å². The second-order valence-corrected chi connectivity index (χ2v) is 20.7. The molecule has 12 rings (SSSR count). The highest BCUT2D eigenvalue weighted by atomic mass is 33.5. The van der Waals surface area contributed by atoms with Crippen molar-refractivity contribution >= 4 is 88.0 Å². The second kappa shape index (κ2) is 8.88. The van der Waals surface area contributed by atoms with Gasteiger partial charge in [-0.2, -0.15) is 0 Å². The van der Waals surface area contributed by atoms with Crippen LogP contribution in [0.5, 0.6) is 0 Å². The third kappa shape index (κ3) is 2.59. The van der Waals surface area contributed by atoms with Gasteiger partial charge in [-0.25, -0.2) is 0 Å². The normalized spacial score (nSPS) is 45.8. The van der Waals surface area contributed by atoms with Crippen LogP contribution in [-0.2, 0) is 30.0 Å². The molecule has 1 unspecified atom stereocenters. The Morgan fingerprint density at radius 3 is 1.75 bits per heavy atom. The minimum Gasteiger partial charge on any atom is -0.392 e. The average molecular weight is 745 g/mol. The molecule has 0 aliphatic carbocycles. The minimum atomic E-state index is -1.90. The molecule has 10 aliphatic heterocycles. The van der Waals surface area contributed by atoms with E-state index < -0.39 is 79.2 Å². The molecular formula is C30H28N6O7S5. The second-order valence-electron chi connectivity index (χ2n) is 13.5. The van der Waals surface area contributed by atoms with Gasteiger partial charge < -0.3 is 35.8 Å². The van der Waals surface area contributed by atoms with E-state index in [9.17, 15) is 34.5 Å². The minimum absolute atomic E-state index is 0.375. The molecule has 5 N–H and O–H groups in total. The predicted molar refractivity (Wildman–Crippen MR) is 184 cm³/mol. The molecule has 4 amide bonds. The first kappa shape index (κ1) is 30.4. The average Bonchev–Trinajstić information content (AvgIpc) is 3.68. The molecule has 2 aromatic carbocycles. The van der Waals surface area contributed by atoms with Gasteiger partial charge in [0.15, 0.2) is 4.87 Å². The highest BCUT2D eigenvalue weighted by molar-refractivity contribution is 9.10. The SMILES string of the molecule is CN1C(=O)[C@]23SS[C@@]1(C)C(=O)N2[C@H]1Nc2ccccc2[C@]1(C12c4ccccc4N[C@@H]1N1C(=O)[C@]4(CO)SSS[C@]1(C(=O)N4C)[C@H]2O)[C@@H]3O. The number of nitrogens with one attached hydrogen (secondary N) is 2. The summed E-state index contributed by atoms with van der Waals surface area (Å²) in [7, 11) is 8.64. The van der Waals surface area contributed by atoms with E-state index in [1.165, 1.54) is 37.4 Å². The van der Waals surface area contributed by atoms with E-state index in [0.29, 0.717) is 22.5 Å². The topological polar surface area (TPSA) is 166 Å². The Hall–Kier alpha value is -2.45. The summed E-state index contributed by atoms with van der Waals surface area (Å²) in [5.74, 6) is -1.96. The number of amides is 4. The van der Waals surface area contributed by atoms with Crippen LogP contribution in [0.3, 0.4) is 0 Å². The maximum atomic E-state index is 14.9. The van der Waals surface area contributed by atoms with Crippen LogP contribution in [0.25, 0.3) is 0 Å². The van der Waals surface area contributed by atoms with E-state index in [-0.39, 0.29) is 5.91 Å². The van der Waals surface area contributed by atoms with Crippen LogP contribution in [0.15, 0.2) is 48.5 Å². The van der Waals surface area contributed by atoms with Gasteiger partial charge >= 0.3 is 0 Å². The van der Waals surface area contributed by atoms with Gasteiger partial charge in [-0.1, -0.05) is 47.2 Å². The number of carbonyl (C=O) groups is 4. The molecule has 10 heterocycles. The number of rotatable bonds is 2. The van der Waals surface area contributed by atoms with Crippen LogP contribution in [0.1, 0.15) is 18.1 Å². The molecule has 48 heavy (non-hydrogen) atoms. The van der Waals surface area contributed by atoms with Crippen molar-refractivity contribution < 1.29 is 34.5 Å². The summed E-state index contributed by atoms with van der Waals surface area (Å²) >= 11 is 0.